The Balaban J connectivity index is 1.18. The van der Waals surface area contributed by atoms with Gasteiger partial charge in [-0.25, -0.2) is 9.97 Å². The number of benzene rings is 1. The number of methoxy groups -OCH3 is 1. The predicted octanol–water partition coefficient (Wildman–Crippen LogP) is 7.99. The smallest absolute Gasteiger partial charge is 0.303 e. The van der Waals surface area contributed by atoms with E-state index in [1.807, 2.05) is 23.4 Å². The molecule has 2 heterocycles. The number of rotatable bonds is 10. The molecular formula is C35H43N3O4S. The highest BCUT2D eigenvalue weighted by Crippen LogP contribution is 2.44. The van der Waals surface area contributed by atoms with Gasteiger partial charge in [0.2, 0.25) is 5.91 Å². The number of carbonyl (C=O) groups excluding carboxylic acids is 1. The number of nitrogens with zero attached hydrogens (tertiary/aromatic N) is 3. The van der Waals surface area contributed by atoms with Crippen LogP contribution < -0.4 is 9.64 Å². The number of hydrogen-bond acceptors (Lipinski definition) is 6. The summed E-state index contributed by atoms with van der Waals surface area (Å²) in [6.07, 6.45) is 13.9. The van der Waals surface area contributed by atoms with Gasteiger partial charge in [-0.3, -0.25) is 14.5 Å². The lowest BCUT2D eigenvalue weighted by Gasteiger charge is -2.35. The van der Waals surface area contributed by atoms with Crippen LogP contribution in [0.15, 0.2) is 42.7 Å². The molecule has 0 spiro atoms. The highest BCUT2D eigenvalue weighted by atomic mass is 32.1. The summed E-state index contributed by atoms with van der Waals surface area (Å²) in [7, 11) is 1.72. The Bertz CT molecular complexity index is 1430. The number of ether oxygens (including phenoxy) is 1. The zero-order valence-corrected chi connectivity index (χ0v) is 26.2. The molecule has 1 N–H and O–H groups in total. The Morgan fingerprint density at radius 1 is 0.930 bits per heavy atom. The molecule has 0 radical (unpaired) electrons. The predicted molar refractivity (Wildman–Crippen MR) is 170 cm³/mol. The maximum atomic E-state index is 14.2. The Morgan fingerprint density at radius 3 is 2.33 bits per heavy atom. The second-order valence-electron chi connectivity index (χ2n) is 13.0. The molecule has 0 atom stereocenters. The van der Waals surface area contributed by atoms with Gasteiger partial charge in [-0.1, -0.05) is 12.1 Å². The molecule has 3 aromatic rings. The Kier molecular flexibility index (Phi) is 9.12. The van der Waals surface area contributed by atoms with Crippen LogP contribution in [0, 0.1) is 24.7 Å². The number of aromatic nitrogens is 2. The van der Waals surface area contributed by atoms with E-state index < -0.39 is 5.97 Å². The second kappa shape index (κ2) is 13.2. The molecule has 7 nitrogen and oxygen atoms in total. The summed E-state index contributed by atoms with van der Waals surface area (Å²) in [4.78, 5) is 38.0. The number of carbonyl (C=O) groups is 2. The summed E-state index contributed by atoms with van der Waals surface area (Å²) in [5.41, 5.74) is 3.62. The zero-order chi connectivity index (χ0) is 29.9. The summed E-state index contributed by atoms with van der Waals surface area (Å²) in [5.74, 6) is 2.71. The standard InChI is InChI=1S/C35H43N3O4S/c1-22-17-28(13-14-30(22)42-2)25-7-5-24(6-8-25)21-38(35(41)27-9-3-23(4-10-27)18-33(39)40)32-19-29(15-16-36-32)31-20-37-34(43-31)26-11-12-26/h13-17,19-20,23-27H,3-12,18,21H2,1-2H3,(H,39,40)/t23-,24-,25-,27-. The van der Waals surface area contributed by atoms with E-state index in [2.05, 4.69) is 36.2 Å². The van der Waals surface area contributed by atoms with E-state index in [1.165, 1.54) is 29.0 Å². The van der Waals surface area contributed by atoms with Crippen molar-refractivity contribution in [2.24, 2.45) is 17.8 Å². The molecule has 43 heavy (non-hydrogen) atoms. The normalized spacial score (nSPS) is 24.0. The fourth-order valence-corrected chi connectivity index (χ4v) is 8.21. The molecule has 0 bridgehead atoms. The van der Waals surface area contributed by atoms with Crippen LogP contribution in [0.1, 0.15) is 98.6 Å². The number of pyridine rings is 1. The number of aryl methyl sites for hydroxylation is 1. The summed E-state index contributed by atoms with van der Waals surface area (Å²) in [5, 5.41) is 10.5. The quantitative estimate of drug-likeness (QED) is 0.253. The van der Waals surface area contributed by atoms with E-state index in [9.17, 15) is 14.7 Å². The maximum absolute atomic E-state index is 14.2. The molecule has 0 unspecified atom stereocenters. The number of carboxylic acid groups (broad SMARTS) is 1. The first-order chi connectivity index (χ1) is 20.9. The number of hydrogen-bond donors (Lipinski definition) is 1. The number of anilines is 1. The second-order valence-corrected chi connectivity index (χ2v) is 14.0. The molecule has 1 aromatic carbocycles. The van der Waals surface area contributed by atoms with Crippen LogP contribution in [0.2, 0.25) is 0 Å². The monoisotopic (exact) mass is 601 g/mol. The van der Waals surface area contributed by atoms with Crippen LogP contribution in [0.3, 0.4) is 0 Å². The Labute approximate surface area is 258 Å². The maximum Gasteiger partial charge on any atom is 0.303 e. The van der Waals surface area contributed by atoms with Crippen LogP contribution >= 0.6 is 11.3 Å². The van der Waals surface area contributed by atoms with Gasteiger partial charge in [0.05, 0.1) is 17.0 Å². The first kappa shape index (κ1) is 29.8. The number of aliphatic carboxylic acids is 1. The van der Waals surface area contributed by atoms with Gasteiger partial charge in [0.15, 0.2) is 0 Å². The molecule has 228 valence electrons. The third-order valence-electron chi connectivity index (χ3n) is 9.86. The number of amides is 1. The van der Waals surface area contributed by atoms with E-state index >= 15 is 0 Å². The lowest BCUT2D eigenvalue weighted by molar-refractivity contribution is -0.138. The van der Waals surface area contributed by atoms with Crippen molar-refractivity contribution in [1.29, 1.82) is 0 Å². The van der Waals surface area contributed by atoms with Gasteiger partial charge in [0.25, 0.3) is 0 Å². The Hall–Kier alpha value is -3.26. The molecule has 3 aliphatic carbocycles. The van der Waals surface area contributed by atoms with Gasteiger partial charge < -0.3 is 9.84 Å². The van der Waals surface area contributed by atoms with Crippen molar-refractivity contribution in [3.05, 3.63) is 58.9 Å². The van der Waals surface area contributed by atoms with E-state index in [-0.39, 0.29) is 24.2 Å². The molecule has 0 saturated heterocycles. The summed E-state index contributed by atoms with van der Waals surface area (Å²) < 4.78 is 5.46. The van der Waals surface area contributed by atoms with Crippen molar-refractivity contribution in [2.45, 2.75) is 89.4 Å². The molecule has 3 fully saturated rings. The topological polar surface area (TPSA) is 92.6 Å². The highest BCUT2D eigenvalue weighted by Gasteiger charge is 2.34. The molecule has 2 aromatic heterocycles. The van der Waals surface area contributed by atoms with Gasteiger partial charge in [0, 0.05) is 37.2 Å². The van der Waals surface area contributed by atoms with Crippen LogP contribution in [0.4, 0.5) is 5.82 Å². The molecule has 6 rings (SSSR count). The molecule has 0 aliphatic heterocycles. The fraction of sp³-hybridized carbons (Fsp3) is 0.543. The lowest BCUT2D eigenvalue weighted by Crippen LogP contribution is -2.42. The lowest BCUT2D eigenvalue weighted by atomic mass is 9.77. The first-order valence-electron chi connectivity index (χ1n) is 16.0. The van der Waals surface area contributed by atoms with Crippen LogP contribution in [0.25, 0.3) is 10.4 Å². The van der Waals surface area contributed by atoms with Gasteiger partial charge in [-0.05, 0) is 124 Å². The minimum absolute atomic E-state index is 0.0843. The van der Waals surface area contributed by atoms with Gasteiger partial charge in [-0.15, -0.1) is 11.3 Å². The van der Waals surface area contributed by atoms with Crippen molar-refractivity contribution in [3.63, 3.8) is 0 Å². The summed E-state index contributed by atoms with van der Waals surface area (Å²) in [6.45, 7) is 2.78. The average Bonchev–Trinajstić information content (AvgIpc) is 3.76. The van der Waals surface area contributed by atoms with Crippen LogP contribution in [-0.4, -0.2) is 40.6 Å². The van der Waals surface area contributed by atoms with E-state index in [0.29, 0.717) is 24.3 Å². The largest absolute Gasteiger partial charge is 0.496 e. The van der Waals surface area contributed by atoms with E-state index in [4.69, 9.17) is 9.72 Å². The fourth-order valence-electron chi connectivity index (χ4n) is 7.13. The summed E-state index contributed by atoms with van der Waals surface area (Å²) >= 11 is 1.76. The molecule has 3 aliphatic rings. The van der Waals surface area contributed by atoms with Crippen molar-refractivity contribution >= 4 is 29.0 Å². The van der Waals surface area contributed by atoms with E-state index in [0.717, 1.165) is 73.4 Å². The molecular weight excluding hydrogens is 558 g/mol. The minimum Gasteiger partial charge on any atom is -0.496 e. The molecule has 8 heteroatoms. The van der Waals surface area contributed by atoms with Crippen LogP contribution in [-0.2, 0) is 9.59 Å². The minimum atomic E-state index is -0.745. The van der Waals surface area contributed by atoms with Gasteiger partial charge in [-0.2, -0.15) is 0 Å². The summed E-state index contributed by atoms with van der Waals surface area (Å²) in [6, 6.07) is 10.7. The average molecular weight is 602 g/mol. The third kappa shape index (κ3) is 7.11. The van der Waals surface area contributed by atoms with Crippen molar-refractivity contribution < 1.29 is 19.4 Å². The van der Waals surface area contributed by atoms with Crippen molar-refractivity contribution in [3.8, 4) is 16.2 Å². The zero-order valence-electron chi connectivity index (χ0n) is 25.3. The molecule has 1 amide bonds. The highest BCUT2D eigenvalue weighted by molar-refractivity contribution is 7.15. The van der Waals surface area contributed by atoms with Crippen LogP contribution in [0.5, 0.6) is 5.75 Å². The van der Waals surface area contributed by atoms with Gasteiger partial charge in [0.1, 0.15) is 11.6 Å². The van der Waals surface area contributed by atoms with Crippen molar-refractivity contribution in [1.82, 2.24) is 9.97 Å². The number of carboxylic acids is 1. The Morgan fingerprint density at radius 2 is 1.65 bits per heavy atom. The van der Waals surface area contributed by atoms with Crippen molar-refractivity contribution in [2.75, 3.05) is 18.6 Å². The molecule has 3 saturated carbocycles. The van der Waals surface area contributed by atoms with Gasteiger partial charge >= 0.3 is 5.97 Å². The number of thiazole rings is 1. The third-order valence-corrected chi connectivity index (χ3v) is 11.1. The SMILES string of the molecule is COc1ccc([C@H]2CC[C@H](CN(c3cc(-c4cnc(C5CC5)s4)ccn3)C(=O)[C@H]3CC[C@H](CC(=O)O)CC3)CC2)cc1C. The first-order valence-corrected chi connectivity index (χ1v) is 16.8. The van der Waals surface area contributed by atoms with E-state index in [1.54, 1.807) is 18.4 Å².